The van der Waals surface area contributed by atoms with Gasteiger partial charge in [-0.15, -0.1) is 11.8 Å². The molecule has 6 unspecified atom stereocenters. The number of aromatic carboxylic acids is 1. The van der Waals surface area contributed by atoms with Gasteiger partial charge in [0, 0.05) is 28.3 Å². The second-order valence-electron chi connectivity index (χ2n) is 8.57. The Hall–Kier alpha value is -0.890. The first-order valence-electron chi connectivity index (χ1n) is 10.6. The number of hydrogen-bond donors (Lipinski definition) is 4. The number of carboxylic acids is 2. The van der Waals surface area contributed by atoms with Gasteiger partial charge in [0.2, 0.25) is 11.8 Å². The molecule has 2 fully saturated rings. The standard InChI is InChI=1S/C22H25N3O7S.2Na/c1-9-16-15(10(2)26)20(28)25(16)17(22(31)32)18(9)33-13-7-14(23-8-13)19(27)24-12-5-3-4-11(6-12)21(29)30;;/h3-6,9-10,13-16,23,26H,7-8H2,1-2H3,(H,24,27)(H,29,30)(H,31,32);;/q;2*+1/p-1. The van der Waals surface area contributed by atoms with E-state index in [0.717, 1.165) is 0 Å². The molecule has 13 heteroatoms. The van der Waals surface area contributed by atoms with Crippen molar-refractivity contribution < 1.29 is 93.6 Å². The van der Waals surface area contributed by atoms with Gasteiger partial charge >= 0.3 is 65.1 Å². The van der Waals surface area contributed by atoms with Crippen LogP contribution in [0.25, 0.3) is 0 Å². The predicted octanol–water partition coefficient (Wildman–Crippen LogP) is -6.39. The van der Waals surface area contributed by atoms with Gasteiger partial charge in [0.25, 0.3) is 0 Å². The molecule has 2 saturated heterocycles. The summed E-state index contributed by atoms with van der Waals surface area (Å²) in [6.45, 7) is 3.80. The number of aliphatic carboxylic acids is 1. The Kier molecular flexibility index (Phi) is 10.5. The maximum absolute atomic E-state index is 12.7. The van der Waals surface area contributed by atoms with E-state index in [1.54, 1.807) is 12.1 Å². The minimum Gasteiger partial charge on any atom is -0.543 e. The fourth-order valence-electron chi connectivity index (χ4n) is 4.80. The van der Waals surface area contributed by atoms with Gasteiger partial charge in [-0.3, -0.25) is 9.59 Å². The van der Waals surface area contributed by atoms with Crippen LogP contribution in [0.2, 0.25) is 0 Å². The predicted molar refractivity (Wildman–Crippen MR) is 117 cm³/mol. The number of fused-ring (bicyclic) bond motifs is 1. The second-order valence-corrected chi connectivity index (χ2v) is 9.91. The van der Waals surface area contributed by atoms with Crippen LogP contribution in [0, 0.1) is 11.8 Å². The zero-order chi connectivity index (χ0) is 24.0. The second kappa shape index (κ2) is 12.1. The minimum absolute atomic E-state index is 0. The number of aliphatic hydroxyl groups is 1. The van der Waals surface area contributed by atoms with Gasteiger partial charge in [0.15, 0.2) is 0 Å². The van der Waals surface area contributed by atoms with Gasteiger partial charge in [0.05, 0.1) is 41.3 Å². The summed E-state index contributed by atoms with van der Waals surface area (Å²) in [4.78, 5) is 49.8. The van der Waals surface area contributed by atoms with Crippen molar-refractivity contribution in [1.82, 2.24) is 10.2 Å². The number of anilines is 1. The van der Waals surface area contributed by atoms with E-state index in [4.69, 9.17) is 5.11 Å². The monoisotopic (exact) mass is 520 g/mol. The Morgan fingerprint density at radius 3 is 2.57 bits per heavy atom. The molecular formula is C22H24N3Na2O7S+. The molecule has 176 valence electrons. The van der Waals surface area contributed by atoms with E-state index in [1.807, 2.05) is 6.92 Å². The molecule has 3 aliphatic heterocycles. The third-order valence-electron chi connectivity index (χ3n) is 6.38. The van der Waals surface area contributed by atoms with Crippen molar-refractivity contribution in [3.63, 3.8) is 0 Å². The summed E-state index contributed by atoms with van der Waals surface area (Å²) in [6, 6.07) is 4.99. The number of amides is 2. The molecule has 0 aromatic heterocycles. The van der Waals surface area contributed by atoms with Crippen LogP contribution in [-0.2, 0) is 14.4 Å². The average molecular weight is 520 g/mol. The summed E-state index contributed by atoms with van der Waals surface area (Å²) in [5.74, 6) is -4.17. The number of nitrogens with one attached hydrogen (secondary N) is 2. The minimum atomic E-state index is -1.43. The van der Waals surface area contributed by atoms with Crippen LogP contribution in [0.4, 0.5) is 5.69 Å². The van der Waals surface area contributed by atoms with Gasteiger partial charge in [-0.2, -0.15) is 0 Å². The van der Waals surface area contributed by atoms with E-state index in [0.29, 0.717) is 23.6 Å². The number of hydrogen-bond acceptors (Lipinski definition) is 8. The number of benzene rings is 1. The topological polar surface area (TPSA) is 159 Å². The Morgan fingerprint density at radius 2 is 1.97 bits per heavy atom. The summed E-state index contributed by atoms with van der Waals surface area (Å²) < 4.78 is 0. The van der Waals surface area contributed by atoms with Crippen LogP contribution in [0.15, 0.2) is 34.9 Å². The molecule has 3 aliphatic rings. The molecule has 0 spiro atoms. The zero-order valence-corrected chi connectivity index (χ0v) is 24.8. The Balaban J connectivity index is 0.00000216. The summed E-state index contributed by atoms with van der Waals surface area (Å²) in [5.41, 5.74) is 0.293. The zero-order valence-electron chi connectivity index (χ0n) is 20.0. The Morgan fingerprint density at radius 1 is 1.29 bits per heavy atom. The van der Waals surface area contributed by atoms with Crippen LogP contribution in [0.5, 0.6) is 0 Å². The largest absolute Gasteiger partial charge is 1.00 e. The molecule has 6 atom stereocenters. The SMILES string of the molecule is CC(O)C1C(=O)N2C(C(=O)[O-])=C(SC3CNC(C(=O)Nc4cccc(C(=O)O)c4)C3)C(C)C12.[Na+].[Na+]. The third-order valence-corrected chi connectivity index (χ3v) is 7.89. The fraction of sp³-hybridized carbons (Fsp3) is 0.455. The van der Waals surface area contributed by atoms with Gasteiger partial charge in [-0.1, -0.05) is 13.0 Å². The molecule has 3 heterocycles. The smallest absolute Gasteiger partial charge is 0.543 e. The quantitative estimate of drug-likeness (QED) is 0.203. The van der Waals surface area contributed by atoms with Crippen LogP contribution in [-0.4, -0.2) is 68.8 Å². The van der Waals surface area contributed by atoms with E-state index >= 15 is 0 Å². The number of β-lactam (4-membered cyclic amide) rings is 1. The molecule has 4 rings (SSSR count). The maximum atomic E-state index is 12.7. The van der Waals surface area contributed by atoms with Crippen molar-refractivity contribution >= 4 is 41.2 Å². The van der Waals surface area contributed by atoms with Crippen LogP contribution < -0.4 is 74.9 Å². The number of aliphatic hydroxyl groups excluding tert-OH is 1. The molecule has 0 aliphatic carbocycles. The van der Waals surface area contributed by atoms with E-state index < -0.39 is 42.0 Å². The first-order chi connectivity index (χ1) is 15.6. The molecule has 35 heavy (non-hydrogen) atoms. The maximum Gasteiger partial charge on any atom is 1.00 e. The van der Waals surface area contributed by atoms with E-state index in [9.17, 15) is 29.4 Å². The number of carbonyl (C=O) groups excluding carboxylic acids is 3. The van der Waals surface area contributed by atoms with Crippen molar-refractivity contribution in [2.75, 3.05) is 11.9 Å². The number of thioether (sulfide) groups is 1. The van der Waals surface area contributed by atoms with Gasteiger partial charge in [-0.25, -0.2) is 4.79 Å². The van der Waals surface area contributed by atoms with Gasteiger partial charge in [0.1, 0.15) is 0 Å². The van der Waals surface area contributed by atoms with Crippen LogP contribution >= 0.6 is 11.8 Å². The molecule has 1 aromatic carbocycles. The first-order valence-corrected chi connectivity index (χ1v) is 11.5. The van der Waals surface area contributed by atoms with Crippen molar-refractivity contribution in [2.45, 2.75) is 43.7 Å². The van der Waals surface area contributed by atoms with Crippen molar-refractivity contribution in [1.29, 1.82) is 0 Å². The molecule has 0 bridgehead atoms. The van der Waals surface area contributed by atoms with Gasteiger partial charge < -0.3 is 35.6 Å². The molecular weight excluding hydrogens is 496 g/mol. The van der Waals surface area contributed by atoms with E-state index in [2.05, 4.69) is 10.6 Å². The van der Waals surface area contributed by atoms with Crippen molar-refractivity contribution in [3.05, 3.63) is 40.4 Å². The first kappa shape index (κ1) is 30.3. The molecule has 0 radical (unpaired) electrons. The molecule has 1 aromatic rings. The summed E-state index contributed by atoms with van der Waals surface area (Å²) in [7, 11) is 0. The van der Waals surface area contributed by atoms with Crippen LogP contribution in [0.3, 0.4) is 0 Å². The molecule has 10 nitrogen and oxygen atoms in total. The summed E-state index contributed by atoms with van der Waals surface area (Å²) >= 11 is 1.32. The van der Waals surface area contributed by atoms with E-state index in [1.165, 1.54) is 35.7 Å². The van der Waals surface area contributed by atoms with Crippen LogP contribution in [0.1, 0.15) is 30.6 Å². The number of carboxylic acid groups (broad SMARTS) is 2. The van der Waals surface area contributed by atoms with Gasteiger partial charge in [-0.05, 0) is 31.5 Å². The number of carbonyl (C=O) groups is 4. The van der Waals surface area contributed by atoms with Crippen molar-refractivity contribution in [2.24, 2.45) is 11.8 Å². The van der Waals surface area contributed by atoms with Crippen molar-refractivity contribution in [3.8, 4) is 0 Å². The summed E-state index contributed by atoms with van der Waals surface area (Å²) in [6.07, 6.45) is -0.459. The fourth-order valence-corrected chi connectivity index (χ4v) is 6.28. The molecule has 2 amide bonds. The normalized spacial score (nSPS) is 27.8. The number of rotatable bonds is 7. The average Bonchev–Trinajstić information content (AvgIpc) is 3.30. The molecule has 0 saturated carbocycles. The van der Waals surface area contributed by atoms with E-state index in [-0.39, 0.29) is 87.5 Å². The summed E-state index contributed by atoms with van der Waals surface area (Å²) in [5, 5.41) is 36.6. The Labute approximate surface area is 250 Å². The number of nitrogens with zero attached hydrogens (tertiary/aromatic N) is 1. The Bertz CT molecular complexity index is 1070. The third kappa shape index (κ3) is 5.83. The molecule has 4 N–H and O–H groups in total.